The van der Waals surface area contributed by atoms with E-state index in [9.17, 15) is 9.59 Å². The molecule has 0 saturated carbocycles. The fourth-order valence-electron chi connectivity index (χ4n) is 6.99. The van der Waals surface area contributed by atoms with Crippen LogP contribution in [0.4, 0.5) is 0 Å². The summed E-state index contributed by atoms with van der Waals surface area (Å²) in [7, 11) is 1.99. The average Bonchev–Trinajstić information content (AvgIpc) is 3.81. The Hall–Kier alpha value is -7.60. The standard InChI is InChI=1S/2C22H17N5O/c1-26-14-25-18-8-7-17(11-20(18)26)16-5-2-4-15(10-16)13-27-21(28)12-24-19-6-3-9-23-22(19)27;1-14-18-8-7-17(11-20(18)26-25-14)16-5-2-4-15(10-16)13-27-21(28)12-24-19-6-3-9-23-22(19)27/h2-12,14H,13H2,1H3;2-12H,13H2,1H3,(H,25,26). The van der Waals surface area contributed by atoms with Gasteiger partial charge in [-0.15, -0.1) is 0 Å². The van der Waals surface area contributed by atoms with Gasteiger partial charge >= 0.3 is 0 Å². The van der Waals surface area contributed by atoms with Crippen LogP contribution in [0.15, 0.2) is 150 Å². The number of aromatic amines is 1. The molecule has 12 nitrogen and oxygen atoms in total. The quantitative estimate of drug-likeness (QED) is 0.191. The van der Waals surface area contributed by atoms with Crippen LogP contribution in [-0.2, 0) is 20.1 Å². The summed E-state index contributed by atoms with van der Waals surface area (Å²) in [6.45, 7) is 2.89. The maximum Gasteiger partial charge on any atom is 0.270 e. The number of nitrogens with zero attached hydrogens (tertiary/aromatic N) is 9. The highest BCUT2D eigenvalue weighted by atomic mass is 16.1. The van der Waals surface area contributed by atoms with Crippen molar-refractivity contribution in [2.75, 3.05) is 0 Å². The van der Waals surface area contributed by atoms with Crippen molar-refractivity contribution in [3.63, 3.8) is 0 Å². The summed E-state index contributed by atoms with van der Waals surface area (Å²) in [5.74, 6) is 0. The van der Waals surface area contributed by atoms with Crippen molar-refractivity contribution in [1.29, 1.82) is 0 Å². The van der Waals surface area contributed by atoms with E-state index in [4.69, 9.17) is 0 Å². The lowest BCUT2D eigenvalue weighted by Gasteiger charge is -2.10. The number of imidazole rings is 1. The van der Waals surface area contributed by atoms with Gasteiger partial charge in [-0.2, -0.15) is 5.10 Å². The number of rotatable bonds is 6. The third-order valence-electron chi connectivity index (χ3n) is 9.88. The van der Waals surface area contributed by atoms with Crippen molar-refractivity contribution in [3.05, 3.63) is 178 Å². The zero-order chi connectivity index (χ0) is 38.2. The molecule has 0 atom stereocenters. The third-order valence-corrected chi connectivity index (χ3v) is 9.88. The lowest BCUT2D eigenvalue weighted by Crippen LogP contribution is -2.21. The van der Waals surface area contributed by atoms with Gasteiger partial charge in [0.1, 0.15) is 11.0 Å². The summed E-state index contributed by atoms with van der Waals surface area (Å²) < 4.78 is 5.32. The van der Waals surface area contributed by atoms with E-state index in [0.29, 0.717) is 35.4 Å². The van der Waals surface area contributed by atoms with Crippen molar-refractivity contribution in [3.8, 4) is 22.3 Å². The molecule has 0 aliphatic rings. The zero-order valence-electron chi connectivity index (χ0n) is 30.5. The molecular formula is C44H34N10O2. The van der Waals surface area contributed by atoms with Crippen LogP contribution in [0.5, 0.6) is 0 Å². The average molecular weight is 735 g/mol. The summed E-state index contributed by atoms with van der Waals surface area (Å²) >= 11 is 0. The first-order valence-electron chi connectivity index (χ1n) is 18.0. The maximum absolute atomic E-state index is 12.4. The monoisotopic (exact) mass is 734 g/mol. The number of H-pyrrole nitrogens is 1. The van der Waals surface area contributed by atoms with Crippen molar-refractivity contribution in [2.24, 2.45) is 7.05 Å². The van der Waals surface area contributed by atoms with Gasteiger partial charge < -0.3 is 4.57 Å². The largest absolute Gasteiger partial charge is 0.334 e. The van der Waals surface area contributed by atoms with Crippen molar-refractivity contribution in [1.82, 2.24) is 48.8 Å². The van der Waals surface area contributed by atoms with Gasteiger partial charge in [-0.3, -0.25) is 23.8 Å². The molecule has 4 aromatic carbocycles. The lowest BCUT2D eigenvalue weighted by atomic mass is 10.0. The van der Waals surface area contributed by atoms with Gasteiger partial charge in [0, 0.05) is 30.5 Å². The van der Waals surface area contributed by atoms with Crippen molar-refractivity contribution >= 4 is 44.3 Å². The SMILES string of the molecule is Cc1[nH]nc2cc(-c3cccc(Cn4c(=O)cnc5cccnc54)c3)ccc12.Cn1cnc2ccc(-c3cccc(Cn4c(=O)cnc5cccnc54)c3)cc21. The molecule has 0 fully saturated rings. The minimum absolute atomic E-state index is 0.159. The van der Waals surface area contributed by atoms with Gasteiger partial charge in [-0.25, -0.2) is 24.9 Å². The summed E-state index contributed by atoms with van der Waals surface area (Å²) in [6.07, 6.45) is 7.88. The van der Waals surface area contributed by atoms with Crippen LogP contribution >= 0.6 is 0 Å². The number of nitrogens with one attached hydrogen (secondary N) is 1. The molecule has 0 radical (unpaired) electrons. The first kappa shape index (κ1) is 34.2. The predicted octanol–water partition coefficient (Wildman–Crippen LogP) is 7.09. The molecule has 12 heteroatoms. The second-order valence-electron chi connectivity index (χ2n) is 13.6. The van der Waals surface area contributed by atoms with E-state index in [0.717, 1.165) is 61.0 Å². The van der Waals surface area contributed by atoms with Gasteiger partial charge in [-0.1, -0.05) is 54.6 Å². The fraction of sp³-hybridized carbons (Fsp3) is 0.0909. The van der Waals surface area contributed by atoms with Crippen LogP contribution in [0.1, 0.15) is 16.8 Å². The van der Waals surface area contributed by atoms with Gasteiger partial charge in [0.15, 0.2) is 11.3 Å². The molecule has 6 heterocycles. The van der Waals surface area contributed by atoms with Crippen molar-refractivity contribution in [2.45, 2.75) is 20.0 Å². The molecule has 0 bridgehead atoms. The van der Waals surface area contributed by atoms with E-state index in [1.165, 1.54) is 12.4 Å². The number of aromatic nitrogens is 10. The summed E-state index contributed by atoms with van der Waals surface area (Å²) in [5, 5.41) is 8.50. The van der Waals surface area contributed by atoms with Crippen LogP contribution < -0.4 is 11.1 Å². The Morgan fingerprint density at radius 1 is 0.554 bits per heavy atom. The van der Waals surface area contributed by atoms with E-state index < -0.39 is 0 Å². The highest BCUT2D eigenvalue weighted by Gasteiger charge is 2.10. The molecule has 0 aliphatic carbocycles. The molecule has 0 amide bonds. The lowest BCUT2D eigenvalue weighted by molar-refractivity contribution is 0.775. The molecule has 56 heavy (non-hydrogen) atoms. The van der Waals surface area contributed by atoms with Crippen LogP contribution in [0, 0.1) is 6.92 Å². The van der Waals surface area contributed by atoms with E-state index in [2.05, 4.69) is 89.7 Å². The third kappa shape index (κ3) is 6.60. The molecule has 272 valence electrons. The second kappa shape index (κ2) is 14.3. The molecule has 0 saturated heterocycles. The highest BCUT2D eigenvalue weighted by Crippen LogP contribution is 2.27. The van der Waals surface area contributed by atoms with E-state index in [1.807, 2.05) is 79.5 Å². The molecule has 0 aliphatic heterocycles. The zero-order valence-corrected chi connectivity index (χ0v) is 30.5. The normalized spacial score (nSPS) is 11.3. The van der Waals surface area contributed by atoms with Crippen LogP contribution in [0.25, 0.3) is 66.5 Å². The van der Waals surface area contributed by atoms with Crippen LogP contribution in [0.2, 0.25) is 0 Å². The van der Waals surface area contributed by atoms with Crippen LogP contribution in [0.3, 0.4) is 0 Å². The summed E-state index contributed by atoms with van der Waals surface area (Å²) in [6, 6.07) is 36.3. The van der Waals surface area contributed by atoms with E-state index in [1.54, 1.807) is 21.5 Å². The van der Waals surface area contributed by atoms with Crippen LogP contribution in [-0.4, -0.2) is 48.8 Å². The number of fused-ring (bicyclic) bond motifs is 4. The number of benzene rings is 4. The minimum atomic E-state index is -0.162. The molecule has 6 aromatic heterocycles. The molecule has 1 N–H and O–H groups in total. The molecule has 0 spiro atoms. The minimum Gasteiger partial charge on any atom is -0.334 e. The maximum atomic E-state index is 12.4. The molecular weight excluding hydrogens is 701 g/mol. The Morgan fingerprint density at radius 2 is 1.12 bits per heavy atom. The van der Waals surface area contributed by atoms with E-state index in [-0.39, 0.29) is 11.1 Å². The van der Waals surface area contributed by atoms with Crippen molar-refractivity contribution < 1.29 is 0 Å². The van der Waals surface area contributed by atoms with Gasteiger partial charge in [0.25, 0.3) is 11.1 Å². The Morgan fingerprint density at radius 3 is 1.75 bits per heavy atom. The molecule has 10 aromatic rings. The first-order chi connectivity index (χ1) is 27.4. The summed E-state index contributed by atoms with van der Waals surface area (Å²) in [5.41, 5.74) is 12.8. The number of hydrogen-bond donors (Lipinski definition) is 1. The summed E-state index contributed by atoms with van der Waals surface area (Å²) in [4.78, 5) is 46.2. The predicted molar refractivity (Wildman–Crippen MR) is 218 cm³/mol. The van der Waals surface area contributed by atoms with Gasteiger partial charge in [-0.05, 0) is 94.9 Å². The Kier molecular flexibility index (Phi) is 8.75. The fourth-order valence-corrected chi connectivity index (χ4v) is 6.99. The highest BCUT2D eigenvalue weighted by molar-refractivity contribution is 5.86. The second-order valence-corrected chi connectivity index (χ2v) is 13.6. The molecule has 10 rings (SSSR count). The first-order valence-corrected chi connectivity index (χ1v) is 18.0. The smallest absolute Gasteiger partial charge is 0.270 e. The van der Waals surface area contributed by atoms with Gasteiger partial charge in [0.05, 0.1) is 48.4 Å². The molecule has 0 unspecified atom stereocenters. The number of pyridine rings is 2. The number of aryl methyl sites for hydroxylation is 2. The Labute approximate surface area is 319 Å². The topological polar surface area (TPSA) is 142 Å². The Bertz CT molecular complexity index is 3200. The van der Waals surface area contributed by atoms with E-state index >= 15 is 0 Å². The number of hydrogen-bond acceptors (Lipinski definition) is 8. The van der Waals surface area contributed by atoms with Gasteiger partial charge in [0.2, 0.25) is 0 Å². The Balaban J connectivity index is 0.000000146.